The average molecular weight is 92.6 g/mol. The lowest BCUT2D eigenvalue weighted by molar-refractivity contribution is 1.80. The lowest BCUT2D eigenvalue weighted by Crippen LogP contribution is -1.07. The Morgan fingerprint density at radius 1 is 1.60 bits per heavy atom. The van der Waals surface area contributed by atoms with Gasteiger partial charge in [-0.1, -0.05) is 6.08 Å². The largest absolute Gasteiger partial charge is 0.130 e. The van der Waals surface area contributed by atoms with Crippen molar-refractivity contribution in [3.05, 3.63) is 12.7 Å². The third-order valence-corrected chi connectivity index (χ3v) is 0. The van der Waals surface area contributed by atoms with E-state index in [-0.39, 0.29) is 0 Å². The topological polar surface area (TPSA) is 0 Å². The van der Waals surface area contributed by atoms with Gasteiger partial charge >= 0.3 is 0 Å². The summed E-state index contributed by atoms with van der Waals surface area (Å²) in [6.07, 6.45) is 3.22. The first-order valence-electron chi connectivity index (χ1n) is 1.36. The summed E-state index contributed by atoms with van der Waals surface area (Å²) >= 11 is 4.64. The molecule has 0 fully saturated rings. The van der Waals surface area contributed by atoms with Gasteiger partial charge in [0, 0.05) is 6.38 Å². The predicted molar refractivity (Wildman–Crippen MR) is 27.6 cm³/mol. The molecule has 0 spiro atoms. The maximum absolute atomic E-state index is 4.64. The van der Waals surface area contributed by atoms with Gasteiger partial charge in [0.25, 0.3) is 0 Å². The Hall–Kier alpha value is 0.0300. The fourth-order valence-corrected chi connectivity index (χ4v) is 0. The summed E-state index contributed by atoms with van der Waals surface area (Å²) in [5.41, 5.74) is 0. The molecule has 0 saturated carbocycles. The average Bonchev–Trinajstić information content (AvgIpc) is 1.46. The van der Waals surface area contributed by atoms with Gasteiger partial charge in [-0.05, 0) is 6.92 Å². The summed E-state index contributed by atoms with van der Waals surface area (Å²) < 4.78 is 0. The second kappa shape index (κ2) is 34.9. The molecule has 1 heteroatoms. The maximum Gasteiger partial charge on any atom is 0.0108 e. The quantitative estimate of drug-likeness (QED) is 0.317. The molecule has 0 radical (unpaired) electrons. The zero-order chi connectivity index (χ0) is 4.71. The summed E-state index contributed by atoms with van der Waals surface area (Å²) in [5, 5.41) is 0. The van der Waals surface area contributed by atoms with Gasteiger partial charge in [-0.25, -0.2) is 0 Å². The summed E-state index contributed by atoms with van der Waals surface area (Å²) in [7, 11) is 0. The van der Waals surface area contributed by atoms with Gasteiger partial charge < -0.3 is 0 Å². The van der Waals surface area contributed by atoms with Crippen molar-refractivity contribution in [1.82, 2.24) is 0 Å². The van der Waals surface area contributed by atoms with Crippen molar-refractivity contribution < 1.29 is 0 Å². The first kappa shape index (κ1) is 8.90. The zero-order valence-corrected chi connectivity index (χ0v) is 4.42. The van der Waals surface area contributed by atoms with Crippen LogP contribution in [0.1, 0.15) is 6.92 Å². The minimum absolute atomic E-state index is 1.47. The smallest absolute Gasteiger partial charge is 0.0108 e. The first-order chi connectivity index (χ1) is 2.41. The molecule has 5 heavy (non-hydrogen) atoms. The van der Waals surface area contributed by atoms with Crippen LogP contribution in [0.15, 0.2) is 12.7 Å². The molecule has 0 unspecified atom stereocenters. The lowest BCUT2D eigenvalue weighted by atomic mass is 10.8. The summed E-state index contributed by atoms with van der Waals surface area (Å²) in [4.78, 5) is 0. The Balaban J connectivity index is 0. The van der Waals surface area contributed by atoms with Crippen molar-refractivity contribution >= 4 is 11.6 Å². The molecule has 0 bridgehead atoms. The predicted octanol–water partition coefficient (Wildman–Crippen LogP) is 2.05. The molecule has 0 nitrogen and oxygen atoms in total. The van der Waals surface area contributed by atoms with E-state index in [1.54, 1.807) is 6.08 Å². The van der Waals surface area contributed by atoms with E-state index in [0.29, 0.717) is 0 Å². The fourth-order valence-electron chi connectivity index (χ4n) is 0. The third-order valence-electron chi connectivity index (χ3n) is 0. The van der Waals surface area contributed by atoms with Crippen molar-refractivity contribution in [1.29, 1.82) is 0 Å². The SMILES string of the molecule is C=CC.CCl. The molecule has 0 aliphatic rings. The van der Waals surface area contributed by atoms with Crippen molar-refractivity contribution in [2.45, 2.75) is 6.92 Å². The van der Waals surface area contributed by atoms with E-state index in [2.05, 4.69) is 18.2 Å². The monoisotopic (exact) mass is 92.0 g/mol. The minimum atomic E-state index is 1.47. The number of hydrogen-bond donors (Lipinski definition) is 0. The number of rotatable bonds is 0. The van der Waals surface area contributed by atoms with Gasteiger partial charge in [0.15, 0.2) is 0 Å². The molecule has 0 aromatic carbocycles. The van der Waals surface area contributed by atoms with E-state index in [9.17, 15) is 0 Å². The van der Waals surface area contributed by atoms with Crippen molar-refractivity contribution in [2.75, 3.05) is 6.38 Å². The number of hydrogen-bond acceptors (Lipinski definition) is 0. The second-order valence-electron chi connectivity index (χ2n) is 0.408. The number of alkyl halides is 1. The van der Waals surface area contributed by atoms with Crippen molar-refractivity contribution in [2.24, 2.45) is 0 Å². The van der Waals surface area contributed by atoms with Gasteiger partial charge in [-0.2, -0.15) is 0 Å². The van der Waals surface area contributed by atoms with Crippen molar-refractivity contribution in [3.8, 4) is 0 Å². The van der Waals surface area contributed by atoms with E-state index in [4.69, 9.17) is 0 Å². The van der Waals surface area contributed by atoms with E-state index in [1.807, 2.05) is 6.92 Å². The number of halogens is 1. The zero-order valence-electron chi connectivity index (χ0n) is 3.66. The second-order valence-corrected chi connectivity index (χ2v) is 0.408. The van der Waals surface area contributed by atoms with E-state index >= 15 is 0 Å². The molecular formula is C4H9Cl. The van der Waals surface area contributed by atoms with E-state index < -0.39 is 0 Å². The summed E-state index contributed by atoms with van der Waals surface area (Å²) in [6, 6.07) is 0. The third kappa shape index (κ3) is 18500. The van der Waals surface area contributed by atoms with Crippen LogP contribution in [0.4, 0.5) is 0 Å². The molecule has 0 aliphatic carbocycles. The first-order valence-corrected chi connectivity index (χ1v) is 2.12. The van der Waals surface area contributed by atoms with Gasteiger partial charge in [0.1, 0.15) is 0 Å². The summed E-state index contributed by atoms with van der Waals surface area (Å²) in [6.45, 7) is 5.25. The molecular weight excluding hydrogens is 83.5 g/mol. The normalized spacial score (nSPS) is 3.80. The van der Waals surface area contributed by atoms with Gasteiger partial charge in [-0.3, -0.25) is 0 Å². The van der Waals surface area contributed by atoms with Crippen LogP contribution >= 0.6 is 11.6 Å². The van der Waals surface area contributed by atoms with E-state index in [1.165, 1.54) is 6.38 Å². The lowest BCUT2D eigenvalue weighted by Gasteiger charge is -1.31. The Morgan fingerprint density at radius 3 is 1.60 bits per heavy atom. The highest BCUT2D eigenvalue weighted by molar-refractivity contribution is 6.15. The molecule has 32 valence electrons. The number of allylic oxidation sites excluding steroid dienone is 1. The van der Waals surface area contributed by atoms with Crippen LogP contribution in [-0.2, 0) is 0 Å². The summed E-state index contributed by atoms with van der Waals surface area (Å²) in [5.74, 6) is 0. The van der Waals surface area contributed by atoms with Crippen LogP contribution < -0.4 is 0 Å². The van der Waals surface area contributed by atoms with Crippen LogP contribution in [0.5, 0.6) is 0 Å². The highest BCUT2D eigenvalue weighted by Gasteiger charge is 1.15. The molecule has 0 atom stereocenters. The molecule has 0 aromatic heterocycles. The van der Waals surface area contributed by atoms with Crippen LogP contribution in [-0.4, -0.2) is 6.38 Å². The van der Waals surface area contributed by atoms with Gasteiger partial charge in [0.2, 0.25) is 0 Å². The molecule has 0 aromatic rings. The van der Waals surface area contributed by atoms with Crippen LogP contribution in [0.25, 0.3) is 0 Å². The Kier molecular flexibility index (Phi) is 62.1. The molecule has 0 amide bonds. The highest BCUT2D eigenvalue weighted by Crippen LogP contribution is 1.38. The maximum atomic E-state index is 4.64. The fraction of sp³-hybridized carbons (Fsp3) is 0.500. The van der Waals surface area contributed by atoms with E-state index in [0.717, 1.165) is 0 Å². The molecule has 0 rings (SSSR count). The molecule has 0 aliphatic heterocycles. The van der Waals surface area contributed by atoms with Crippen LogP contribution in [0.2, 0.25) is 0 Å². The molecule has 0 heterocycles. The minimum Gasteiger partial charge on any atom is -0.130 e. The molecule has 0 saturated heterocycles. The van der Waals surface area contributed by atoms with Crippen molar-refractivity contribution in [3.63, 3.8) is 0 Å². The van der Waals surface area contributed by atoms with Gasteiger partial charge in [0.05, 0.1) is 0 Å². The highest BCUT2D eigenvalue weighted by atomic mass is 35.5. The standard InChI is InChI=1S/C3H6.CH3Cl/c1-3-2;1-2/h3H,1H2,2H3;1H3. The Morgan fingerprint density at radius 2 is 1.60 bits per heavy atom. The Labute approximate surface area is 38.5 Å². The Bertz CT molecular complexity index is 11.1. The van der Waals surface area contributed by atoms with Gasteiger partial charge in [-0.15, -0.1) is 18.2 Å². The van der Waals surface area contributed by atoms with Crippen LogP contribution in [0, 0.1) is 0 Å². The molecule has 0 N–H and O–H groups in total. The van der Waals surface area contributed by atoms with Crippen LogP contribution in [0.3, 0.4) is 0 Å².